The summed E-state index contributed by atoms with van der Waals surface area (Å²) < 4.78 is 0. The second kappa shape index (κ2) is 8.90. The summed E-state index contributed by atoms with van der Waals surface area (Å²) >= 11 is 0. The van der Waals surface area contributed by atoms with E-state index in [9.17, 15) is 0 Å². The monoisotopic (exact) mass is 401 g/mol. The van der Waals surface area contributed by atoms with Gasteiger partial charge in [0.1, 0.15) is 5.82 Å². The highest BCUT2D eigenvalue weighted by molar-refractivity contribution is 5.90. The van der Waals surface area contributed by atoms with Gasteiger partial charge >= 0.3 is 0 Å². The molecule has 1 saturated carbocycles. The van der Waals surface area contributed by atoms with E-state index in [-0.39, 0.29) is 18.0 Å². The van der Waals surface area contributed by atoms with E-state index in [0.717, 1.165) is 48.0 Å². The third-order valence-corrected chi connectivity index (χ3v) is 5.37. The number of nitrogens with one attached hydrogen (secondary N) is 1. The van der Waals surface area contributed by atoms with Gasteiger partial charge in [0.25, 0.3) is 0 Å². The van der Waals surface area contributed by atoms with Crippen molar-refractivity contribution >= 4 is 34.8 Å². The molecule has 7 heteroatoms. The number of hydrogen-bond acceptors (Lipinski definition) is 5. The largest absolute Gasteiger partial charge is 0.370 e. The highest BCUT2D eigenvalue weighted by Crippen LogP contribution is 2.28. The molecule has 2 aromatic heterocycles. The number of benzene rings is 1. The summed E-state index contributed by atoms with van der Waals surface area (Å²) in [6.07, 6.45) is 11.7. The molecule has 3 aromatic rings. The quantitative estimate of drug-likeness (QED) is 0.445. The van der Waals surface area contributed by atoms with E-state index in [2.05, 4.69) is 34.3 Å². The Hall–Kier alpha value is -3.48. The zero-order valence-corrected chi connectivity index (χ0v) is 17.1. The van der Waals surface area contributed by atoms with Gasteiger partial charge in [-0.25, -0.2) is 15.0 Å². The van der Waals surface area contributed by atoms with Crippen molar-refractivity contribution in [3.63, 3.8) is 0 Å². The second-order valence-corrected chi connectivity index (χ2v) is 7.72. The van der Waals surface area contributed by atoms with Crippen LogP contribution in [-0.2, 0) is 0 Å². The molecule has 1 aromatic carbocycles. The van der Waals surface area contributed by atoms with Crippen molar-refractivity contribution in [1.82, 2.24) is 15.0 Å². The van der Waals surface area contributed by atoms with E-state index in [1.54, 1.807) is 12.4 Å². The molecule has 0 spiro atoms. The Morgan fingerprint density at radius 1 is 1.07 bits per heavy atom. The summed E-state index contributed by atoms with van der Waals surface area (Å²) in [5.74, 6) is 1.61. The number of fused-ring (bicyclic) bond motifs is 1. The lowest BCUT2D eigenvalue weighted by Gasteiger charge is -2.30. The summed E-state index contributed by atoms with van der Waals surface area (Å²) in [4.78, 5) is 18.1. The lowest BCUT2D eigenvalue weighted by Crippen LogP contribution is -2.38. The van der Waals surface area contributed by atoms with E-state index in [1.165, 1.54) is 5.56 Å². The minimum Gasteiger partial charge on any atom is -0.370 e. The molecule has 0 bridgehead atoms. The number of pyridine rings is 1. The first-order valence-electron chi connectivity index (χ1n) is 10.3. The minimum atomic E-state index is 0.0504. The molecule has 1 aliphatic carbocycles. The molecule has 2 unspecified atom stereocenters. The van der Waals surface area contributed by atoms with E-state index in [4.69, 9.17) is 21.4 Å². The maximum Gasteiger partial charge on any atom is 0.186 e. The predicted octanol–water partition coefficient (Wildman–Crippen LogP) is 3.50. The van der Waals surface area contributed by atoms with Crippen molar-refractivity contribution in [2.45, 2.75) is 44.7 Å². The van der Waals surface area contributed by atoms with Crippen LogP contribution in [0.2, 0.25) is 0 Å². The zero-order valence-electron chi connectivity index (χ0n) is 17.1. The molecule has 1 aliphatic rings. The van der Waals surface area contributed by atoms with E-state index in [0.29, 0.717) is 5.82 Å². The fourth-order valence-corrected chi connectivity index (χ4v) is 3.89. The molecule has 2 heterocycles. The number of guanidine groups is 1. The van der Waals surface area contributed by atoms with Crippen LogP contribution >= 0.6 is 0 Å². The van der Waals surface area contributed by atoms with Gasteiger partial charge in [0.15, 0.2) is 11.8 Å². The van der Waals surface area contributed by atoms with Gasteiger partial charge in [-0.15, -0.1) is 0 Å². The SMILES string of the molecule is Cc1ccc2nc(/C=C/c3ccncc3)nc(NC3CCCCC3N=C(N)N)c2c1. The van der Waals surface area contributed by atoms with Crippen LogP contribution in [0.15, 0.2) is 47.7 Å². The molecule has 4 rings (SSSR count). The van der Waals surface area contributed by atoms with Crippen LogP contribution in [0.25, 0.3) is 23.1 Å². The van der Waals surface area contributed by atoms with Gasteiger partial charge in [0.2, 0.25) is 0 Å². The number of aliphatic imine (C=N–C) groups is 1. The van der Waals surface area contributed by atoms with Gasteiger partial charge in [-0.2, -0.15) is 0 Å². The minimum absolute atomic E-state index is 0.0504. The Kier molecular flexibility index (Phi) is 5.88. The van der Waals surface area contributed by atoms with Crippen molar-refractivity contribution in [2.75, 3.05) is 5.32 Å². The molecule has 7 nitrogen and oxygen atoms in total. The highest BCUT2D eigenvalue weighted by Gasteiger charge is 2.26. The van der Waals surface area contributed by atoms with Crippen LogP contribution in [0, 0.1) is 6.92 Å². The lowest BCUT2D eigenvalue weighted by molar-refractivity contribution is 0.405. The number of aryl methyl sites for hydroxylation is 1. The van der Waals surface area contributed by atoms with Crippen LogP contribution in [-0.4, -0.2) is 33.0 Å². The Morgan fingerprint density at radius 2 is 1.87 bits per heavy atom. The normalized spacial score (nSPS) is 19.1. The predicted molar refractivity (Wildman–Crippen MR) is 123 cm³/mol. The first kappa shape index (κ1) is 19.8. The molecule has 2 atom stereocenters. The molecule has 0 saturated heterocycles. The van der Waals surface area contributed by atoms with E-state index >= 15 is 0 Å². The van der Waals surface area contributed by atoms with Crippen LogP contribution in [0.4, 0.5) is 5.82 Å². The topological polar surface area (TPSA) is 115 Å². The maximum atomic E-state index is 5.67. The molecule has 0 aliphatic heterocycles. The summed E-state index contributed by atoms with van der Waals surface area (Å²) in [5, 5.41) is 4.64. The fourth-order valence-electron chi connectivity index (χ4n) is 3.89. The standard InChI is InChI=1S/C23H27N7/c1-15-6-8-18-17(14-15)22(28-19-4-2-3-5-20(19)29-23(24)25)30-21(27-18)9-7-16-10-12-26-13-11-16/h6-14,19-20H,2-5H2,1H3,(H4,24,25,29)(H,27,28,30)/b9-7+. The number of nitrogens with zero attached hydrogens (tertiary/aromatic N) is 4. The highest BCUT2D eigenvalue weighted by atomic mass is 15.1. The average Bonchev–Trinajstić information content (AvgIpc) is 2.74. The van der Waals surface area contributed by atoms with Gasteiger partial charge < -0.3 is 16.8 Å². The lowest BCUT2D eigenvalue weighted by atomic mass is 9.90. The van der Waals surface area contributed by atoms with Gasteiger partial charge in [-0.3, -0.25) is 4.98 Å². The number of anilines is 1. The van der Waals surface area contributed by atoms with Crippen molar-refractivity contribution in [3.8, 4) is 0 Å². The Bertz CT molecular complexity index is 1070. The average molecular weight is 402 g/mol. The molecule has 0 amide bonds. The first-order valence-corrected chi connectivity index (χ1v) is 10.3. The first-order chi connectivity index (χ1) is 14.6. The Labute approximate surface area is 176 Å². The Balaban J connectivity index is 1.70. The van der Waals surface area contributed by atoms with Gasteiger partial charge in [0, 0.05) is 17.8 Å². The maximum absolute atomic E-state index is 5.67. The molecule has 1 fully saturated rings. The van der Waals surface area contributed by atoms with E-state index in [1.807, 2.05) is 30.4 Å². The fraction of sp³-hybridized carbons (Fsp3) is 0.304. The number of aromatic nitrogens is 3. The van der Waals surface area contributed by atoms with Crippen LogP contribution < -0.4 is 16.8 Å². The molecule has 5 N–H and O–H groups in total. The van der Waals surface area contributed by atoms with Crippen LogP contribution in [0.1, 0.15) is 42.6 Å². The van der Waals surface area contributed by atoms with E-state index < -0.39 is 0 Å². The van der Waals surface area contributed by atoms with Crippen molar-refractivity contribution < 1.29 is 0 Å². The molecule has 0 radical (unpaired) electrons. The van der Waals surface area contributed by atoms with Crippen molar-refractivity contribution in [1.29, 1.82) is 0 Å². The molecular formula is C23H27N7. The number of nitrogens with two attached hydrogens (primary N) is 2. The summed E-state index contributed by atoms with van der Waals surface area (Å²) in [5.41, 5.74) is 14.5. The Morgan fingerprint density at radius 3 is 2.67 bits per heavy atom. The molecule has 30 heavy (non-hydrogen) atoms. The van der Waals surface area contributed by atoms with Crippen molar-refractivity contribution in [3.05, 3.63) is 59.7 Å². The third-order valence-electron chi connectivity index (χ3n) is 5.37. The third kappa shape index (κ3) is 4.74. The number of rotatable bonds is 5. The molecule has 154 valence electrons. The summed E-state index contributed by atoms with van der Waals surface area (Å²) in [7, 11) is 0. The second-order valence-electron chi connectivity index (χ2n) is 7.72. The molecular weight excluding hydrogens is 374 g/mol. The van der Waals surface area contributed by atoms with Crippen LogP contribution in [0.3, 0.4) is 0 Å². The smallest absolute Gasteiger partial charge is 0.186 e. The van der Waals surface area contributed by atoms with Crippen molar-refractivity contribution in [2.24, 2.45) is 16.5 Å². The number of hydrogen-bond donors (Lipinski definition) is 3. The zero-order chi connectivity index (χ0) is 20.9. The van der Waals surface area contributed by atoms with Crippen LogP contribution in [0.5, 0.6) is 0 Å². The summed E-state index contributed by atoms with van der Waals surface area (Å²) in [6, 6.07) is 10.3. The summed E-state index contributed by atoms with van der Waals surface area (Å²) in [6.45, 7) is 2.07. The van der Waals surface area contributed by atoms with Gasteiger partial charge in [0.05, 0.1) is 17.6 Å². The van der Waals surface area contributed by atoms with Gasteiger partial charge in [-0.1, -0.05) is 30.5 Å². The van der Waals surface area contributed by atoms with Gasteiger partial charge in [-0.05, 0) is 55.7 Å².